The minimum absolute atomic E-state index is 0.465. The molecule has 1 aliphatic heterocycles. The third-order valence-electron chi connectivity index (χ3n) is 5.98. The summed E-state index contributed by atoms with van der Waals surface area (Å²) in [6.07, 6.45) is 9.90. The lowest BCUT2D eigenvalue weighted by Crippen LogP contribution is -2.54. The molecule has 0 bridgehead atoms. The summed E-state index contributed by atoms with van der Waals surface area (Å²) in [6, 6.07) is 1.54. The van der Waals surface area contributed by atoms with Crippen LogP contribution in [0.25, 0.3) is 0 Å². The fraction of sp³-hybridized carbons (Fsp3) is 1.00. The van der Waals surface area contributed by atoms with E-state index in [0.717, 1.165) is 19.2 Å². The standard InChI is InChI=1S/C17H32N2O/c1-3-17(4-2,12-18-14-8-9-14)13-19-10-11-20-16-7-5-6-15(16)19/h14-16,18H,3-13H2,1-2H3. The number of rotatable bonds is 7. The van der Waals surface area contributed by atoms with Crippen LogP contribution in [0.4, 0.5) is 0 Å². The lowest BCUT2D eigenvalue weighted by Gasteiger charge is -2.44. The van der Waals surface area contributed by atoms with Gasteiger partial charge in [-0.25, -0.2) is 0 Å². The molecule has 0 amide bonds. The van der Waals surface area contributed by atoms with E-state index in [1.165, 1.54) is 58.0 Å². The molecule has 20 heavy (non-hydrogen) atoms. The predicted molar refractivity (Wildman–Crippen MR) is 83.0 cm³/mol. The zero-order valence-electron chi connectivity index (χ0n) is 13.4. The van der Waals surface area contributed by atoms with Crippen molar-refractivity contribution in [3.63, 3.8) is 0 Å². The maximum Gasteiger partial charge on any atom is 0.0730 e. The topological polar surface area (TPSA) is 24.5 Å². The molecule has 3 aliphatic rings. The van der Waals surface area contributed by atoms with Crippen LogP contribution in [-0.4, -0.2) is 49.3 Å². The van der Waals surface area contributed by atoms with E-state index < -0.39 is 0 Å². The van der Waals surface area contributed by atoms with E-state index in [2.05, 4.69) is 24.1 Å². The van der Waals surface area contributed by atoms with Gasteiger partial charge in [-0.1, -0.05) is 13.8 Å². The lowest BCUT2D eigenvalue weighted by atomic mass is 9.81. The third kappa shape index (κ3) is 3.20. The Bertz CT molecular complexity index is 312. The van der Waals surface area contributed by atoms with Crippen molar-refractivity contribution in [3.8, 4) is 0 Å². The van der Waals surface area contributed by atoms with E-state index in [0.29, 0.717) is 17.6 Å². The molecule has 0 aromatic carbocycles. The van der Waals surface area contributed by atoms with Crippen LogP contribution in [0.1, 0.15) is 58.8 Å². The number of morpholine rings is 1. The Balaban J connectivity index is 1.61. The van der Waals surface area contributed by atoms with Gasteiger partial charge in [0, 0.05) is 31.7 Å². The number of hydrogen-bond acceptors (Lipinski definition) is 3. The molecule has 1 saturated heterocycles. The Labute approximate surface area is 124 Å². The molecule has 0 aromatic rings. The van der Waals surface area contributed by atoms with Gasteiger partial charge >= 0.3 is 0 Å². The molecule has 0 aromatic heterocycles. The van der Waals surface area contributed by atoms with Crippen LogP contribution in [0.5, 0.6) is 0 Å². The molecule has 0 spiro atoms. The SMILES string of the molecule is CCC(CC)(CNC1CC1)CN1CCOC2CCCC21. The van der Waals surface area contributed by atoms with Crippen LogP contribution in [-0.2, 0) is 4.74 Å². The van der Waals surface area contributed by atoms with Crippen molar-refractivity contribution in [3.05, 3.63) is 0 Å². The average molecular weight is 280 g/mol. The molecule has 1 N–H and O–H groups in total. The van der Waals surface area contributed by atoms with Gasteiger partial charge in [-0.05, 0) is 50.4 Å². The monoisotopic (exact) mass is 280 g/mol. The molecule has 2 saturated carbocycles. The van der Waals surface area contributed by atoms with Gasteiger partial charge in [-0.15, -0.1) is 0 Å². The highest BCUT2D eigenvalue weighted by atomic mass is 16.5. The molecule has 3 fully saturated rings. The second-order valence-corrected chi connectivity index (χ2v) is 7.24. The fourth-order valence-corrected chi connectivity index (χ4v) is 4.06. The molecule has 3 rings (SSSR count). The van der Waals surface area contributed by atoms with E-state index in [1.807, 2.05) is 0 Å². The Morgan fingerprint density at radius 1 is 1.15 bits per heavy atom. The summed E-state index contributed by atoms with van der Waals surface area (Å²) >= 11 is 0. The predicted octanol–water partition coefficient (Wildman–Crippen LogP) is 2.80. The molecule has 0 radical (unpaired) electrons. The molecular formula is C17H32N2O. The van der Waals surface area contributed by atoms with E-state index in [9.17, 15) is 0 Å². The summed E-state index contributed by atoms with van der Waals surface area (Å²) in [7, 11) is 0. The Morgan fingerprint density at radius 2 is 1.95 bits per heavy atom. The number of fused-ring (bicyclic) bond motifs is 1. The van der Waals surface area contributed by atoms with Crippen molar-refractivity contribution in [2.45, 2.75) is 77.0 Å². The molecule has 2 unspecified atom stereocenters. The summed E-state index contributed by atoms with van der Waals surface area (Å²) in [5.74, 6) is 0. The highest BCUT2D eigenvalue weighted by molar-refractivity contribution is 4.94. The van der Waals surface area contributed by atoms with Crippen molar-refractivity contribution >= 4 is 0 Å². The third-order valence-corrected chi connectivity index (χ3v) is 5.98. The summed E-state index contributed by atoms with van der Waals surface area (Å²) in [4.78, 5) is 2.77. The molecule has 2 atom stereocenters. The number of nitrogens with one attached hydrogen (secondary N) is 1. The minimum Gasteiger partial charge on any atom is -0.375 e. The van der Waals surface area contributed by atoms with E-state index >= 15 is 0 Å². The molecular weight excluding hydrogens is 248 g/mol. The van der Waals surface area contributed by atoms with Gasteiger partial charge in [-0.2, -0.15) is 0 Å². The number of hydrogen-bond donors (Lipinski definition) is 1. The second kappa shape index (κ2) is 6.33. The minimum atomic E-state index is 0.465. The van der Waals surface area contributed by atoms with Crippen LogP contribution >= 0.6 is 0 Å². The van der Waals surface area contributed by atoms with Gasteiger partial charge < -0.3 is 10.1 Å². The van der Waals surface area contributed by atoms with Crippen LogP contribution in [0.3, 0.4) is 0 Å². The Kier molecular flexibility index (Phi) is 4.68. The van der Waals surface area contributed by atoms with Crippen LogP contribution in [0.2, 0.25) is 0 Å². The zero-order valence-corrected chi connectivity index (χ0v) is 13.4. The van der Waals surface area contributed by atoms with Gasteiger partial charge in [0.15, 0.2) is 0 Å². The van der Waals surface area contributed by atoms with Crippen molar-refractivity contribution in [1.82, 2.24) is 10.2 Å². The number of ether oxygens (including phenoxy) is 1. The first-order valence-electron chi connectivity index (χ1n) is 8.85. The van der Waals surface area contributed by atoms with Gasteiger partial charge in [0.05, 0.1) is 12.7 Å². The van der Waals surface area contributed by atoms with Crippen LogP contribution in [0, 0.1) is 5.41 Å². The Hall–Kier alpha value is -0.120. The highest BCUT2D eigenvalue weighted by Gasteiger charge is 2.40. The maximum atomic E-state index is 5.96. The quantitative estimate of drug-likeness (QED) is 0.776. The van der Waals surface area contributed by atoms with E-state index in [4.69, 9.17) is 4.74 Å². The van der Waals surface area contributed by atoms with Crippen LogP contribution in [0.15, 0.2) is 0 Å². The molecule has 2 aliphatic carbocycles. The normalized spacial score (nSPS) is 31.5. The first-order valence-corrected chi connectivity index (χ1v) is 8.85. The summed E-state index contributed by atoms with van der Waals surface area (Å²) < 4.78 is 5.96. The van der Waals surface area contributed by atoms with E-state index in [1.54, 1.807) is 0 Å². The zero-order chi connectivity index (χ0) is 14.0. The lowest BCUT2D eigenvalue weighted by molar-refractivity contribution is -0.0696. The van der Waals surface area contributed by atoms with Gasteiger partial charge in [0.1, 0.15) is 0 Å². The summed E-state index contributed by atoms with van der Waals surface area (Å²) in [5, 5.41) is 3.79. The first-order chi connectivity index (χ1) is 9.76. The van der Waals surface area contributed by atoms with E-state index in [-0.39, 0.29) is 0 Å². The second-order valence-electron chi connectivity index (χ2n) is 7.24. The molecule has 1 heterocycles. The highest BCUT2D eigenvalue weighted by Crippen LogP contribution is 2.35. The van der Waals surface area contributed by atoms with Gasteiger partial charge in [-0.3, -0.25) is 4.90 Å². The Morgan fingerprint density at radius 3 is 2.65 bits per heavy atom. The molecule has 116 valence electrons. The fourth-order valence-electron chi connectivity index (χ4n) is 4.06. The van der Waals surface area contributed by atoms with Crippen LogP contribution < -0.4 is 5.32 Å². The van der Waals surface area contributed by atoms with Gasteiger partial charge in [0.2, 0.25) is 0 Å². The summed E-state index contributed by atoms with van der Waals surface area (Å²) in [5.41, 5.74) is 0.465. The number of nitrogens with zero attached hydrogens (tertiary/aromatic N) is 1. The van der Waals surface area contributed by atoms with Crippen molar-refractivity contribution in [1.29, 1.82) is 0 Å². The first kappa shape index (κ1) is 14.8. The van der Waals surface area contributed by atoms with Crippen molar-refractivity contribution in [2.24, 2.45) is 5.41 Å². The smallest absolute Gasteiger partial charge is 0.0730 e. The van der Waals surface area contributed by atoms with Gasteiger partial charge in [0.25, 0.3) is 0 Å². The summed E-state index contributed by atoms with van der Waals surface area (Å²) in [6.45, 7) is 9.33. The van der Waals surface area contributed by atoms with Crippen molar-refractivity contribution < 1.29 is 4.74 Å². The largest absolute Gasteiger partial charge is 0.375 e. The average Bonchev–Trinajstić information content (AvgIpc) is 3.19. The molecule has 3 nitrogen and oxygen atoms in total. The maximum absolute atomic E-state index is 5.96. The van der Waals surface area contributed by atoms with Crippen molar-refractivity contribution in [2.75, 3.05) is 26.2 Å². The molecule has 3 heteroatoms.